The number of nitrogens with zero attached hydrogens (tertiary/aromatic N) is 1. The van der Waals surface area contributed by atoms with Crippen molar-refractivity contribution < 1.29 is 5.11 Å². The molecule has 3 N–H and O–H groups in total. The summed E-state index contributed by atoms with van der Waals surface area (Å²) in [5.74, 6) is 1.38. The van der Waals surface area contributed by atoms with E-state index in [-0.39, 0.29) is 0 Å². The summed E-state index contributed by atoms with van der Waals surface area (Å²) in [4.78, 5) is 7.26. The second-order valence-electron chi connectivity index (χ2n) is 4.45. The van der Waals surface area contributed by atoms with Gasteiger partial charge in [0.1, 0.15) is 11.6 Å². The Hall–Kier alpha value is -1.81. The molecule has 0 amide bonds. The molecule has 0 saturated carbocycles. The van der Waals surface area contributed by atoms with Crippen LogP contribution in [0.25, 0.3) is 0 Å². The van der Waals surface area contributed by atoms with Crippen LogP contribution in [0.1, 0.15) is 23.4 Å². The molecule has 0 atom stereocenters. The van der Waals surface area contributed by atoms with Crippen molar-refractivity contribution in [2.24, 2.45) is 0 Å². The van der Waals surface area contributed by atoms with E-state index in [9.17, 15) is 5.11 Å². The maximum absolute atomic E-state index is 9.69. The molecule has 0 radical (unpaired) electrons. The standard InChI is InChI=1S/C14H19N3O/c1-11-4-5-13(18)12(9-11)10-15-6-2-3-14-16-7-8-17-14/h4-5,7-9,15,18H,2-3,6,10H2,1H3,(H,16,17). The molecule has 4 nitrogen and oxygen atoms in total. The Morgan fingerprint density at radius 2 is 2.28 bits per heavy atom. The number of aromatic hydroxyl groups is 1. The van der Waals surface area contributed by atoms with Gasteiger partial charge in [-0.25, -0.2) is 4.98 Å². The van der Waals surface area contributed by atoms with Crippen LogP contribution in [-0.2, 0) is 13.0 Å². The minimum Gasteiger partial charge on any atom is -0.508 e. The zero-order chi connectivity index (χ0) is 12.8. The van der Waals surface area contributed by atoms with E-state index in [4.69, 9.17) is 0 Å². The largest absolute Gasteiger partial charge is 0.508 e. The summed E-state index contributed by atoms with van der Waals surface area (Å²) in [5.41, 5.74) is 2.12. The Labute approximate surface area is 107 Å². The quantitative estimate of drug-likeness (QED) is 0.683. The molecule has 0 spiro atoms. The lowest BCUT2D eigenvalue weighted by molar-refractivity contribution is 0.464. The highest BCUT2D eigenvalue weighted by molar-refractivity contribution is 5.35. The van der Waals surface area contributed by atoms with Crippen molar-refractivity contribution in [2.45, 2.75) is 26.3 Å². The first kappa shape index (κ1) is 12.6. The van der Waals surface area contributed by atoms with Crippen LogP contribution in [0.2, 0.25) is 0 Å². The number of hydrogen-bond donors (Lipinski definition) is 3. The summed E-state index contributed by atoms with van der Waals surface area (Å²) in [5, 5.41) is 13.0. The lowest BCUT2D eigenvalue weighted by Crippen LogP contribution is -2.15. The maximum atomic E-state index is 9.69. The minimum atomic E-state index is 0.360. The van der Waals surface area contributed by atoms with Gasteiger partial charge in [0, 0.05) is 30.9 Å². The van der Waals surface area contributed by atoms with Crippen LogP contribution >= 0.6 is 0 Å². The van der Waals surface area contributed by atoms with E-state index in [2.05, 4.69) is 15.3 Å². The Morgan fingerprint density at radius 1 is 1.39 bits per heavy atom. The SMILES string of the molecule is Cc1ccc(O)c(CNCCCc2ncc[nH]2)c1. The van der Waals surface area contributed by atoms with Crippen LogP contribution in [0.5, 0.6) is 5.75 Å². The third kappa shape index (κ3) is 3.60. The normalized spacial score (nSPS) is 10.7. The first-order valence-corrected chi connectivity index (χ1v) is 6.23. The average molecular weight is 245 g/mol. The second-order valence-corrected chi connectivity index (χ2v) is 4.45. The van der Waals surface area contributed by atoms with Crippen LogP contribution < -0.4 is 5.32 Å². The Balaban J connectivity index is 1.70. The van der Waals surface area contributed by atoms with Gasteiger partial charge in [0.2, 0.25) is 0 Å². The highest BCUT2D eigenvalue weighted by atomic mass is 16.3. The molecule has 0 aliphatic carbocycles. The monoisotopic (exact) mass is 245 g/mol. The summed E-state index contributed by atoms with van der Waals surface area (Å²) in [6.07, 6.45) is 5.58. The van der Waals surface area contributed by atoms with Gasteiger partial charge in [-0.05, 0) is 26.0 Å². The molecular formula is C14H19N3O. The topological polar surface area (TPSA) is 60.9 Å². The van der Waals surface area contributed by atoms with Crippen LogP contribution in [-0.4, -0.2) is 21.6 Å². The summed E-state index contributed by atoms with van der Waals surface area (Å²) >= 11 is 0. The molecule has 0 unspecified atom stereocenters. The van der Waals surface area contributed by atoms with Crippen molar-refractivity contribution >= 4 is 0 Å². The van der Waals surface area contributed by atoms with Gasteiger partial charge in [-0.1, -0.05) is 17.7 Å². The lowest BCUT2D eigenvalue weighted by atomic mass is 10.1. The Morgan fingerprint density at radius 3 is 3.06 bits per heavy atom. The van der Waals surface area contributed by atoms with Crippen LogP contribution in [0.4, 0.5) is 0 Å². The summed E-state index contributed by atoms with van der Waals surface area (Å²) in [6.45, 7) is 3.64. The Bertz CT molecular complexity index is 480. The predicted octanol–water partition coefficient (Wildman–Crippen LogP) is 2.15. The first-order valence-electron chi connectivity index (χ1n) is 6.23. The third-order valence-electron chi connectivity index (χ3n) is 2.87. The van der Waals surface area contributed by atoms with Gasteiger partial charge in [-0.2, -0.15) is 0 Å². The molecule has 18 heavy (non-hydrogen) atoms. The van der Waals surface area contributed by atoms with E-state index in [1.165, 1.54) is 5.56 Å². The van der Waals surface area contributed by atoms with Crippen molar-refractivity contribution in [3.05, 3.63) is 47.5 Å². The number of aryl methyl sites for hydroxylation is 2. The fourth-order valence-electron chi connectivity index (χ4n) is 1.89. The second kappa shape index (κ2) is 6.21. The van der Waals surface area contributed by atoms with Gasteiger partial charge in [-0.15, -0.1) is 0 Å². The number of imidazole rings is 1. The van der Waals surface area contributed by atoms with Gasteiger partial charge in [0.25, 0.3) is 0 Å². The molecule has 0 fully saturated rings. The van der Waals surface area contributed by atoms with E-state index in [1.54, 1.807) is 12.3 Å². The fraction of sp³-hybridized carbons (Fsp3) is 0.357. The highest BCUT2D eigenvalue weighted by Gasteiger charge is 2.01. The number of benzene rings is 1. The molecular weight excluding hydrogens is 226 g/mol. The van der Waals surface area contributed by atoms with Crippen LogP contribution in [0, 0.1) is 6.92 Å². The third-order valence-corrected chi connectivity index (χ3v) is 2.87. The van der Waals surface area contributed by atoms with Crippen molar-refractivity contribution in [1.29, 1.82) is 0 Å². The van der Waals surface area contributed by atoms with Gasteiger partial charge >= 0.3 is 0 Å². The van der Waals surface area contributed by atoms with Gasteiger partial charge in [0.15, 0.2) is 0 Å². The van der Waals surface area contributed by atoms with Gasteiger partial charge in [0.05, 0.1) is 0 Å². The van der Waals surface area contributed by atoms with Crippen molar-refractivity contribution in [3.63, 3.8) is 0 Å². The van der Waals surface area contributed by atoms with Crippen molar-refractivity contribution in [3.8, 4) is 5.75 Å². The van der Waals surface area contributed by atoms with Crippen LogP contribution in [0.15, 0.2) is 30.6 Å². The fourth-order valence-corrected chi connectivity index (χ4v) is 1.89. The smallest absolute Gasteiger partial charge is 0.120 e. The number of hydrogen-bond acceptors (Lipinski definition) is 3. The highest BCUT2D eigenvalue weighted by Crippen LogP contribution is 2.17. The number of phenolic OH excluding ortho intramolecular Hbond substituents is 1. The van der Waals surface area contributed by atoms with Gasteiger partial charge in [-0.3, -0.25) is 0 Å². The van der Waals surface area contributed by atoms with Crippen molar-refractivity contribution in [1.82, 2.24) is 15.3 Å². The molecule has 1 aromatic heterocycles. The molecule has 0 aliphatic rings. The van der Waals surface area contributed by atoms with E-state index < -0.39 is 0 Å². The van der Waals surface area contributed by atoms with E-state index >= 15 is 0 Å². The lowest BCUT2D eigenvalue weighted by Gasteiger charge is -2.07. The zero-order valence-corrected chi connectivity index (χ0v) is 10.6. The molecule has 2 rings (SSSR count). The summed E-state index contributed by atoms with van der Waals surface area (Å²) in [6, 6.07) is 5.67. The number of H-pyrrole nitrogens is 1. The van der Waals surface area contributed by atoms with Crippen LogP contribution in [0.3, 0.4) is 0 Å². The average Bonchev–Trinajstić information content (AvgIpc) is 2.86. The molecule has 0 bridgehead atoms. The van der Waals surface area contributed by atoms with E-state index in [1.807, 2.05) is 25.3 Å². The Kier molecular flexibility index (Phi) is 4.36. The number of phenols is 1. The molecule has 0 aliphatic heterocycles. The molecule has 0 saturated heterocycles. The maximum Gasteiger partial charge on any atom is 0.120 e. The predicted molar refractivity (Wildman–Crippen MR) is 71.5 cm³/mol. The molecule has 1 aromatic carbocycles. The van der Waals surface area contributed by atoms with Gasteiger partial charge < -0.3 is 15.4 Å². The number of aromatic amines is 1. The minimum absolute atomic E-state index is 0.360. The summed E-state index contributed by atoms with van der Waals surface area (Å²) in [7, 11) is 0. The van der Waals surface area contributed by atoms with E-state index in [0.717, 1.165) is 30.8 Å². The molecule has 1 heterocycles. The van der Waals surface area contributed by atoms with E-state index in [0.29, 0.717) is 12.3 Å². The summed E-state index contributed by atoms with van der Waals surface area (Å²) < 4.78 is 0. The first-order chi connectivity index (χ1) is 8.75. The molecule has 96 valence electrons. The molecule has 2 aromatic rings. The number of nitrogens with one attached hydrogen (secondary N) is 2. The van der Waals surface area contributed by atoms with Crippen molar-refractivity contribution in [2.75, 3.05) is 6.54 Å². The number of aromatic nitrogens is 2. The zero-order valence-electron chi connectivity index (χ0n) is 10.6. The molecule has 4 heteroatoms. The number of rotatable bonds is 6.